The van der Waals surface area contributed by atoms with E-state index in [0.29, 0.717) is 24.1 Å². The maximum Gasteiger partial charge on any atom is 0.326 e. The molecule has 1 heterocycles. The number of rotatable bonds is 6. The van der Waals surface area contributed by atoms with Crippen LogP contribution in [0.4, 0.5) is 10.1 Å². The lowest BCUT2D eigenvalue weighted by molar-refractivity contribution is -0.139. The van der Waals surface area contributed by atoms with E-state index in [1.165, 1.54) is 6.07 Å². The first-order chi connectivity index (χ1) is 10.9. The molecule has 1 aliphatic heterocycles. The molecule has 0 saturated carbocycles. The number of anilines is 1. The fourth-order valence-corrected chi connectivity index (χ4v) is 2.35. The molecule has 23 heavy (non-hydrogen) atoms. The summed E-state index contributed by atoms with van der Waals surface area (Å²) in [6.45, 7) is 3.50. The van der Waals surface area contributed by atoms with Crippen LogP contribution in [0, 0.1) is 5.82 Å². The highest BCUT2D eigenvalue weighted by molar-refractivity contribution is 5.99. The number of hydrogen-bond donors (Lipinski definition) is 3. The van der Waals surface area contributed by atoms with Gasteiger partial charge in [0.25, 0.3) is 5.91 Å². The van der Waals surface area contributed by atoms with Gasteiger partial charge in [0.1, 0.15) is 11.9 Å². The molecule has 0 bridgehead atoms. The fourth-order valence-electron chi connectivity index (χ4n) is 2.35. The lowest BCUT2D eigenvalue weighted by atomic mass is 9.99. The third-order valence-corrected chi connectivity index (χ3v) is 3.60. The van der Waals surface area contributed by atoms with Crippen LogP contribution >= 0.6 is 0 Å². The average molecular weight is 320 g/mol. The number of fused-ring (bicyclic) bond motifs is 1. The van der Waals surface area contributed by atoms with Gasteiger partial charge < -0.3 is 15.7 Å². The lowest BCUT2D eigenvalue weighted by Gasteiger charge is -2.19. The van der Waals surface area contributed by atoms with Crippen LogP contribution in [0.3, 0.4) is 0 Å². The van der Waals surface area contributed by atoms with Crippen LogP contribution in [0.25, 0.3) is 0 Å². The van der Waals surface area contributed by atoms with Crippen molar-refractivity contribution in [1.82, 2.24) is 5.32 Å². The lowest BCUT2D eigenvalue weighted by Crippen LogP contribution is -2.41. The number of aliphatic carboxylic acids is 1. The second kappa shape index (κ2) is 7.04. The maximum absolute atomic E-state index is 14.1. The van der Waals surface area contributed by atoms with Crippen molar-refractivity contribution in [1.29, 1.82) is 0 Å². The van der Waals surface area contributed by atoms with Crippen molar-refractivity contribution in [2.75, 3.05) is 5.32 Å². The van der Waals surface area contributed by atoms with Gasteiger partial charge in [-0.15, -0.1) is 6.58 Å². The molecule has 0 saturated heterocycles. The molecule has 6 nitrogen and oxygen atoms in total. The summed E-state index contributed by atoms with van der Waals surface area (Å²) in [6.07, 6.45) is 2.80. The maximum atomic E-state index is 14.1. The number of allylic oxidation sites excluding steroid dienone is 1. The molecule has 1 aliphatic rings. The minimum absolute atomic E-state index is 0.174. The highest BCUT2D eigenvalue weighted by Gasteiger charge is 2.24. The number of carboxylic acid groups (broad SMARTS) is 1. The average Bonchev–Trinajstić information content (AvgIpc) is 2.50. The van der Waals surface area contributed by atoms with E-state index in [2.05, 4.69) is 17.2 Å². The van der Waals surface area contributed by atoms with Crippen molar-refractivity contribution in [2.24, 2.45) is 0 Å². The minimum Gasteiger partial charge on any atom is -0.480 e. The van der Waals surface area contributed by atoms with E-state index in [-0.39, 0.29) is 24.3 Å². The van der Waals surface area contributed by atoms with E-state index in [4.69, 9.17) is 5.11 Å². The Morgan fingerprint density at radius 1 is 1.43 bits per heavy atom. The zero-order valence-corrected chi connectivity index (χ0v) is 12.4. The Hall–Kier alpha value is -2.70. The molecule has 7 heteroatoms. The van der Waals surface area contributed by atoms with Crippen molar-refractivity contribution >= 4 is 23.5 Å². The fraction of sp³-hybridized carbons (Fsp3) is 0.312. The van der Waals surface area contributed by atoms with Crippen LogP contribution in [0.5, 0.6) is 0 Å². The summed E-state index contributed by atoms with van der Waals surface area (Å²) >= 11 is 0. The monoisotopic (exact) mass is 320 g/mol. The van der Waals surface area contributed by atoms with Gasteiger partial charge in [-0.3, -0.25) is 9.59 Å². The Balaban J connectivity index is 2.20. The number of carbonyl (C=O) groups excluding carboxylic acids is 2. The molecule has 2 amide bonds. The quantitative estimate of drug-likeness (QED) is 0.697. The molecule has 1 atom stereocenters. The van der Waals surface area contributed by atoms with Gasteiger partial charge in [0.15, 0.2) is 0 Å². The molecule has 1 unspecified atom stereocenters. The summed E-state index contributed by atoms with van der Waals surface area (Å²) in [4.78, 5) is 34.6. The van der Waals surface area contributed by atoms with Gasteiger partial charge in [-0.1, -0.05) is 6.08 Å². The van der Waals surface area contributed by atoms with Gasteiger partial charge in [0.05, 0.1) is 5.56 Å². The van der Waals surface area contributed by atoms with Crippen molar-refractivity contribution in [3.8, 4) is 0 Å². The van der Waals surface area contributed by atoms with Crippen LogP contribution in [0.2, 0.25) is 0 Å². The second-order valence-corrected chi connectivity index (χ2v) is 5.27. The standard InChI is InChI=1S/C16H17FN2O4/c1-2-3-4-12(16(22)23)19-15(21)10-7-9-5-6-14(20)18-13(9)8-11(10)17/h2,7-8,12H,1,3-6H2,(H,18,20)(H,19,21)(H,22,23). The third-order valence-electron chi connectivity index (χ3n) is 3.60. The first-order valence-electron chi connectivity index (χ1n) is 7.19. The predicted octanol–water partition coefficient (Wildman–Crippen LogP) is 1.86. The van der Waals surface area contributed by atoms with Crippen molar-refractivity contribution in [3.63, 3.8) is 0 Å². The van der Waals surface area contributed by atoms with E-state index < -0.39 is 23.7 Å². The number of carboxylic acids is 1. The Kier molecular flexibility index (Phi) is 5.10. The second-order valence-electron chi connectivity index (χ2n) is 5.27. The highest BCUT2D eigenvalue weighted by atomic mass is 19.1. The van der Waals surface area contributed by atoms with Gasteiger partial charge in [-0.2, -0.15) is 0 Å². The zero-order valence-electron chi connectivity index (χ0n) is 12.4. The summed E-state index contributed by atoms with van der Waals surface area (Å²) in [5.74, 6) is -3.00. The van der Waals surface area contributed by atoms with Crippen LogP contribution in [0.1, 0.15) is 35.2 Å². The summed E-state index contributed by atoms with van der Waals surface area (Å²) in [7, 11) is 0. The molecule has 0 spiro atoms. The predicted molar refractivity (Wildman–Crippen MR) is 81.7 cm³/mol. The van der Waals surface area contributed by atoms with E-state index >= 15 is 0 Å². The van der Waals surface area contributed by atoms with Gasteiger partial charge in [0.2, 0.25) is 5.91 Å². The summed E-state index contributed by atoms with van der Waals surface area (Å²) < 4.78 is 14.1. The van der Waals surface area contributed by atoms with Crippen LogP contribution in [0.15, 0.2) is 24.8 Å². The molecule has 1 aromatic carbocycles. The van der Waals surface area contributed by atoms with Gasteiger partial charge >= 0.3 is 5.97 Å². The Bertz CT molecular complexity index is 672. The van der Waals surface area contributed by atoms with E-state index in [1.807, 2.05) is 0 Å². The molecule has 0 aliphatic carbocycles. The van der Waals surface area contributed by atoms with Gasteiger partial charge in [-0.25, -0.2) is 9.18 Å². The smallest absolute Gasteiger partial charge is 0.326 e. The van der Waals surface area contributed by atoms with Gasteiger partial charge in [-0.05, 0) is 37.0 Å². The third kappa shape index (κ3) is 3.94. The van der Waals surface area contributed by atoms with Gasteiger partial charge in [0, 0.05) is 12.1 Å². The normalized spacial score (nSPS) is 14.4. The number of benzene rings is 1. The summed E-state index contributed by atoms with van der Waals surface area (Å²) in [5.41, 5.74) is 0.760. The summed E-state index contributed by atoms with van der Waals surface area (Å²) in [6, 6.07) is 1.32. The molecule has 3 N–H and O–H groups in total. The Morgan fingerprint density at radius 3 is 2.83 bits per heavy atom. The molecule has 1 aromatic rings. The molecule has 122 valence electrons. The minimum atomic E-state index is -1.19. The number of carbonyl (C=O) groups is 3. The summed E-state index contributed by atoms with van der Waals surface area (Å²) in [5, 5.41) is 13.9. The Labute approximate surface area is 132 Å². The van der Waals surface area contributed by atoms with Crippen LogP contribution in [-0.2, 0) is 16.0 Å². The van der Waals surface area contributed by atoms with E-state index in [9.17, 15) is 18.8 Å². The highest BCUT2D eigenvalue weighted by Crippen LogP contribution is 2.26. The molecular weight excluding hydrogens is 303 g/mol. The first kappa shape index (κ1) is 16.7. The topological polar surface area (TPSA) is 95.5 Å². The molecular formula is C16H17FN2O4. The number of nitrogens with one attached hydrogen (secondary N) is 2. The van der Waals surface area contributed by atoms with Crippen molar-refractivity contribution in [3.05, 3.63) is 41.7 Å². The van der Waals surface area contributed by atoms with Crippen molar-refractivity contribution < 1.29 is 23.9 Å². The number of halogens is 1. The first-order valence-corrected chi connectivity index (χ1v) is 7.19. The Morgan fingerprint density at radius 2 is 2.17 bits per heavy atom. The number of amides is 2. The molecule has 0 fully saturated rings. The zero-order chi connectivity index (χ0) is 17.0. The molecule has 0 radical (unpaired) electrons. The largest absolute Gasteiger partial charge is 0.480 e. The number of aryl methyl sites for hydroxylation is 1. The van der Waals surface area contributed by atoms with Crippen LogP contribution < -0.4 is 10.6 Å². The molecule has 0 aromatic heterocycles. The SMILES string of the molecule is C=CCCC(NC(=O)c1cc2c(cc1F)NC(=O)CC2)C(=O)O. The van der Waals surface area contributed by atoms with Crippen molar-refractivity contribution in [2.45, 2.75) is 31.7 Å². The van der Waals surface area contributed by atoms with E-state index in [1.54, 1.807) is 6.08 Å². The van der Waals surface area contributed by atoms with E-state index in [0.717, 1.165) is 6.07 Å². The molecule has 2 rings (SSSR count). The number of hydrogen-bond acceptors (Lipinski definition) is 3. The van der Waals surface area contributed by atoms with Crippen LogP contribution in [-0.4, -0.2) is 28.9 Å².